The van der Waals surface area contributed by atoms with Crippen LogP contribution in [0.25, 0.3) is 0 Å². The molecule has 0 unspecified atom stereocenters. The third-order valence-corrected chi connectivity index (χ3v) is 5.22. The van der Waals surface area contributed by atoms with Crippen molar-refractivity contribution < 1.29 is 0 Å². The van der Waals surface area contributed by atoms with Crippen LogP contribution in [0.5, 0.6) is 0 Å². The van der Waals surface area contributed by atoms with E-state index in [0.717, 1.165) is 0 Å². The summed E-state index contributed by atoms with van der Waals surface area (Å²) in [6.45, 7) is 9.19. The molecule has 23 heavy (non-hydrogen) atoms. The van der Waals surface area contributed by atoms with E-state index in [1.54, 1.807) is 0 Å². The van der Waals surface area contributed by atoms with Crippen molar-refractivity contribution in [1.82, 2.24) is 4.90 Å². The fourth-order valence-electron chi connectivity index (χ4n) is 3.67. The van der Waals surface area contributed by atoms with E-state index in [9.17, 15) is 0 Å². The number of hydrogen-bond acceptors (Lipinski definition) is 2. The molecule has 0 aromatic rings. The second kappa shape index (κ2) is 8.84. The number of rotatable bonds is 9. The molecule has 0 aromatic carbocycles. The van der Waals surface area contributed by atoms with Gasteiger partial charge in [0.2, 0.25) is 0 Å². The summed E-state index contributed by atoms with van der Waals surface area (Å²) >= 11 is 0. The lowest BCUT2D eigenvalue weighted by Crippen LogP contribution is -2.36. The zero-order valence-electron chi connectivity index (χ0n) is 15.5. The van der Waals surface area contributed by atoms with E-state index < -0.39 is 0 Å². The van der Waals surface area contributed by atoms with E-state index in [1.165, 1.54) is 75.6 Å². The molecule has 0 amide bonds. The van der Waals surface area contributed by atoms with Gasteiger partial charge in [-0.05, 0) is 56.8 Å². The summed E-state index contributed by atoms with van der Waals surface area (Å²) in [5.41, 5.74) is 8.96. The molecule has 0 aromatic heterocycles. The lowest BCUT2D eigenvalue weighted by Gasteiger charge is -2.29. The molecule has 2 aliphatic rings. The van der Waals surface area contributed by atoms with Crippen LogP contribution in [0.15, 0.2) is 35.5 Å². The van der Waals surface area contributed by atoms with Crippen molar-refractivity contribution >= 4 is 0 Å². The molecule has 0 heterocycles. The summed E-state index contributed by atoms with van der Waals surface area (Å²) < 4.78 is 0. The Labute approximate surface area is 143 Å². The predicted molar refractivity (Wildman–Crippen MR) is 102 cm³/mol. The summed E-state index contributed by atoms with van der Waals surface area (Å²) in [7, 11) is 0. The van der Waals surface area contributed by atoms with Crippen molar-refractivity contribution in [3.8, 4) is 0 Å². The first-order chi connectivity index (χ1) is 11.1. The van der Waals surface area contributed by atoms with Gasteiger partial charge in [0.05, 0.1) is 5.54 Å². The fraction of sp³-hybridized carbons (Fsp3) is 0.714. The third kappa shape index (κ3) is 5.61. The molecule has 0 fully saturated rings. The first-order valence-electron chi connectivity index (χ1n) is 9.69. The van der Waals surface area contributed by atoms with Crippen molar-refractivity contribution in [1.29, 1.82) is 0 Å². The molecule has 130 valence electrons. The topological polar surface area (TPSA) is 29.3 Å². The van der Waals surface area contributed by atoms with E-state index in [0.29, 0.717) is 6.04 Å². The lowest BCUT2D eigenvalue weighted by molar-refractivity contribution is 0.193. The monoisotopic (exact) mass is 316 g/mol. The van der Waals surface area contributed by atoms with Gasteiger partial charge in [-0.15, -0.1) is 0 Å². The zero-order chi connectivity index (χ0) is 16.7. The van der Waals surface area contributed by atoms with Crippen LogP contribution in [0.3, 0.4) is 0 Å². The maximum Gasteiger partial charge on any atom is 0.0502 e. The van der Waals surface area contributed by atoms with Gasteiger partial charge in [0.1, 0.15) is 0 Å². The molecule has 2 rings (SSSR count). The van der Waals surface area contributed by atoms with Gasteiger partial charge in [-0.25, -0.2) is 0 Å². The van der Waals surface area contributed by atoms with Crippen LogP contribution in [0.1, 0.15) is 72.1 Å². The molecule has 2 heteroatoms. The first kappa shape index (κ1) is 18.5. The predicted octanol–water partition coefficient (Wildman–Crippen LogP) is 4.97. The fourth-order valence-corrected chi connectivity index (χ4v) is 3.67. The van der Waals surface area contributed by atoms with Crippen LogP contribution in [0.4, 0.5) is 0 Å². The normalized spacial score (nSPS) is 20.4. The average Bonchev–Trinajstić information content (AvgIpc) is 2.87. The van der Waals surface area contributed by atoms with Crippen LogP contribution >= 0.6 is 0 Å². The summed E-state index contributed by atoms with van der Waals surface area (Å²) in [5, 5.41) is 0. The highest BCUT2D eigenvalue weighted by molar-refractivity contribution is 5.44. The minimum Gasteiger partial charge on any atom is -0.319 e. The molecule has 0 saturated heterocycles. The Bertz CT molecular complexity index is 418. The summed E-state index contributed by atoms with van der Waals surface area (Å²) in [6.07, 6.45) is 19.3. The van der Waals surface area contributed by atoms with Crippen LogP contribution in [0, 0.1) is 0 Å². The van der Waals surface area contributed by atoms with Gasteiger partial charge >= 0.3 is 0 Å². The molecule has 2 aliphatic carbocycles. The number of hydrogen-bond donors (Lipinski definition) is 1. The smallest absolute Gasteiger partial charge is 0.0502 e. The van der Waals surface area contributed by atoms with Crippen LogP contribution in [0.2, 0.25) is 0 Å². The maximum absolute atomic E-state index is 6.23. The largest absolute Gasteiger partial charge is 0.319 e. The molecule has 0 aliphatic heterocycles. The summed E-state index contributed by atoms with van der Waals surface area (Å²) in [5.74, 6) is 0. The Hall–Kier alpha value is -0.860. The van der Waals surface area contributed by atoms with Crippen LogP contribution in [-0.4, -0.2) is 29.6 Å². The highest BCUT2D eigenvalue weighted by atomic mass is 15.2. The van der Waals surface area contributed by atoms with Gasteiger partial charge < -0.3 is 5.73 Å². The van der Waals surface area contributed by atoms with Crippen molar-refractivity contribution in [3.63, 3.8) is 0 Å². The Morgan fingerprint density at radius 1 is 0.957 bits per heavy atom. The van der Waals surface area contributed by atoms with Crippen molar-refractivity contribution in [2.75, 3.05) is 13.1 Å². The Kier molecular flexibility index (Phi) is 7.10. The summed E-state index contributed by atoms with van der Waals surface area (Å²) in [4.78, 5) is 2.77. The quantitative estimate of drug-likeness (QED) is 0.608. The number of allylic oxidation sites excluding steroid dienone is 2. The molecular formula is C21H36N2. The van der Waals surface area contributed by atoms with Crippen molar-refractivity contribution in [2.45, 2.75) is 83.7 Å². The maximum atomic E-state index is 6.23. The highest BCUT2D eigenvalue weighted by Gasteiger charge is 2.28. The van der Waals surface area contributed by atoms with Crippen LogP contribution in [-0.2, 0) is 0 Å². The van der Waals surface area contributed by atoms with Gasteiger partial charge in [-0.3, -0.25) is 4.90 Å². The average molecular weight is 317 g/mol. The van der Waals surface area contributed by atoms with Gasteiger partial charge in [0.15, 0.2) is 0 Å². The first-order valence-corrected chi connectivity index (χ1v) is 9.69. The molecule has 0 spiro atoms. The standard InChI is InChI=1S/C21H36N2/c1-4-6-8-14-23(15-9-7-5-2)20-16-18-10-12-21(3,22)13-11-19(18)17-20/h10-13,20H,4-9,14-17,22H2,1-3H3. The number of nitrogens with zero attached hydrogens (tertiary/aromatic N) is 1. The Morgan fingerprint density at radius 2 is 1.43 bits per heavy atom. The molecule has 2 nitrogen and oxygen atoms in total. The Morgan fingerprint density at radius 3 is 1.87 bits per heavy atom. The highest BCUT2D eigenvalue weighted by Crippen LogP contribution is 2.34. The second-order valence-electron chi connectivity index (χ2n) is 7.60. The summed E-state index contributed by atoms with van der Waals surface area (Å²) in [6, 6.07) is 0.699. The van der Waals surface area contributed by atoms with Gasteiger partial charge in [0.25, 0.3) is 0 Å². The zero-order valence-corrected chi connectivity index (χ0v) is 15.5. The van der Waals surface area contributed by atoms with E-state index in [2.05, 4.69) is 50.0 Å². The molecule has 0 atom stereocenters. The second-order valence-corrected chi connectivity index (χ2v) is 7.60. The molecular weight excluding hydrogens is 280 g/mol. The van der Waals surface area contributed by atoms with E-state index >= 15 is 0 Å². The number of unbranched alkanes of at least 4 members (excludes halogenated alkanes) is 4. The van der Waals surface area contributed by atoms with E-state index in [-0.39, 0.29) is 5.54 Å². The van der Waals surface area contributed by atoms with E-state index in [4.69, 9.17) is 5.73 Å². The minimum atomic E-state index is -0.290. The lowest BCUT2D eigenvalue weighted by atomic mass is 10.0. The van der Waals surface area contributed by atoms with Gasteiger partial charge in [-0.1, -0.05) is 63.8 Å². The molecule has 2 N–H and O–H groups in total. The molecule has 0 radical (unpaired) electrons. The Balaban J connectivity index is 1.95. The van der Waals surface area contributed by atoms with Crippen LogP contribution < -0.4 is 5.73 Å². The third-order valence-electron chi connectivity index (χ3n) is 5.22. The van der Waals surface area contributed by atoms with Crippen molar-refractivity contribution in [3.05, 3.63) is 35.5 Å². The SMILES string of the molecule is CCCCCN(CCCCC)C1CC2=C(C=CC(C)(N)C=C2)C1. The van der Waals surface area contributed by atoms with E-state index in [1.807, 2.05) is 0 Å². The minimum absolute atomic E-state index is 0.290. The van der Waals surface area contributed by atoms with Gasteiger partial charge in [0, 0.05) is 6.04 Å². The molecule has 0 saturated carbocycles. The molecule has 0 bridgehead atoms. The van der Waals surface area contributed by atoms with Crippen molar-refractivity contribution in [2.24, 2.45) is 5.73 Å². The number of nitrogens with two attached hydrogens (primary N) is 1. The van der Waals surface area contributed by atoms with Gasteiger partial charge in [-0.2, -0.15) is 0 Å².